The maximum absolute atomic E-state index is 12.3. The third-order valence-corrected chi connectivity index (χ3v) is 5.35. The largest absolute Gasteiger partial charge is 0.481 e. The molecule has 0 N–H and O–H groups in total. The Morgan fingerprint density at radius 3 is 2.95 bits per heavy atom. The highest BCUT2D eigenvalue weighted by Gasteiger charge is 2.28. The maximum Gasteiger partial charge on any atom is 0.214 e. The van der Waals surface area contributed by atoms with E-state index in [1.807, 2.05) is 0 Å². The maximum atomic E-state index is 12.3. The molecule has 7 heteroatoms. The van der Waals surface area contributed by atoms with Crippen molar-refractivity contribution in [2.24, 2.45) is 0 Å². The molecule has 0 saturated carbocycles. The molecule has 1 atom stereocenters. The van der Waals surface area contributed by atoms with Gasteiger partial charge in [-0.05, 0) is 24.5 Å². The number of ether oxygens (including phenoxy) is 2. The zero-order valence-electron chi connectivity index (χ0n) is 10.6. The van der Waals surface area contributed by atoms with Gasteiger partial charge in [-0.25, -0.2) is 13.4 Å². The number of nitrogens with zero attached hydrogens (tertiary/aromatic N) is 1. The summed E-state index contributed by atoms with van der Waals surface area (Å²) < 4.78 is 34.8. The second-order valence-electron chi connectivity index (χ2n) is 4.49. The standard InChI is InChI=1S/C12H16ClNO4S/c1-17-12-6-9(5-11(13)14-12)8-19(15,16)10-3-2-4-18-7-10/h5-6,10H,2-4,7-8H2,1H3. The van der Waals surface area contributed by atoms with E-state index in [4.69, 9.17) is 21.1 Å². The highest BCUT2D eigenvalue weighted by Crippen LogP contribution is 2.22. The predicted octanol–water partition coefficient (Wildman–Crippen LogP) is 1.84. The molecule has 0 aromatic carbocycles. The molecule has 0 amide bonds. The smallest absolute Gasteiger partial charge is 0.214 e. The van der Waals surface area contributed by atoms with Gasteiger partial charge in [-0.1, -0.05) is 11.6 Å². The van der Waals surface area contributed by atoms with Gasteiger partial charge in [0, 0.05) is 12.7 Å². The lowest BCUT2D eigenvalue weighted by Gasteiger charge is -2.22. The number of rotatable bonds is 4. The molecule has 2 rings (SSSR count). The third-order valence-electron chi connectivity index (χ3n) is 3.03. The Morgan fingerprint density at radius 1 is 1.53 bits per heavy atom. The molecule has 106 valence electrons. The highest BCUT2D eigenvalue weighted by atomic mass is 35.5. The minimum atomic E-state index is -3.25. The van der Waals surface area contributed by atoms with Crippen LogP contribution < -0.4 is 4.74 Å². The van der Waals surface area contributed by atoms with Gasteiger partial charge < -0.3 is 9.47 Å². The van der Waals surface area contributed by atoms with Gasteiger partial charge >= 0.3 is 0 Å². The first-order valence-electron chi connectivity index (χ1n) is 6.01. The number of halogens is 1. The van der Waals surface area contributed by atoms with E-state index in [1.54, 1.807) is 12.1 Å². The first-order chi connectivity index (χ1) is 9.01. The molecule has 1 aliphatic rings. The summed E-state index contributed by atoms with van der Waals surface area (Å²) in [5.74, 6) is 0.247. The molecule has 1 aromatic heterocycles. The Bertz CT molecular complexity index is 541. The molecule has 5 nitrogen and oxygen atoms in total. The van der Waals surface area contributed by atoms with Crippen LogP contribution in [0.1, 0.15) is 18.4 Å². The van der Waals surface area contributed by atoms with Crippen LogP contribution in [0.15, 0.2) is 12.1 Å². The van der Waals surface area contributed by atoms with Gasteiger partial charge in [0.05, 0.1) is 24.7 Å². The zero-order chi connectivity index (χ0) is 13.9. The van der Waals surface area contributed by atoms with Gasteiger partial charge in [0.15, 0.2) is 9.84 Å². The number of hydrogen-bond acceptors (Lipinski definition) is 5. The van der Waals surface area contributed by atoms with Crippen LogP contribution in [0.25, 0.3) is 0 Å². The topological polar surface area (TPSA) is 65.5 Å². The Labute approximate surface area is 117 Å². The Morgan fingerprint density at radius 2 is 2.32 bits per heavy atom. The first kappa shape index (κ1) is 14.6. The highest BCUT2D eigenvalue weighted by molar-refractivity contribution is 7.91. The molecule has 1 fully saturated rings. The Balaban J connectivity index is 2.17. The second kappa shape index (κ2) is 6.07. The number of hydrogen-bond donors (Lipinski definition) is 0. The second-order valence-corrected chi connectivity index (χ2v) is 7.16. The van der Waals surface area contributed by atoms with Gasteiger partial charge in [-0.15, -0.1) is 0 Å². The van der Waals surface area contributed by atoms with Crippen molar-refractivity contribution in [2.45, 2.75) is 23.8 Å². The average molecular weight is 306 g/mol. The van der Waals surface area contributed by atoms with Crippen molar-refractivity contribution in [1.29, 1.82) is 0 Å². The molecule has 1 aliphatic heterocycles. The first-order valence-corrected chi connectivity index (χ1v) is 8.10. The average Bonchev–Trinajstić information content (AvgIpc) is 2.38. The molecule has 0 aliphatic carbocycles. The molecular formula is C12H16ClNO4S. The van der Waals surface area contributed by atoms with Crippen LogP contribution in [0.3, 0.4) is 0 Å². The van der Waals surface area contributed by atoms with E-state index >= 15 is 0 Å². The SMILES string of the molecule is COc1cc(CS(=O)(=O)C2CCCOC2)cc(Cl)n1. The van der Waals surface area contributed by atoms with E-state index in [0.717, 1.165) is 6.42 Å². The van der Waals surface area contributed by atoms with Gasteiger partial charge in [-0.2, -0.15) is 0 Å². The summed E-state index contributed by atoms with van der Waals surface area (Å²) >= 11 is 5.83. The van der Waals surface area contributed by atoms with E-state index < -0.39 is 15.1 Å². The quantitative estimate of drug-likeness (QED) is 0.794. The molecule has 19 heavy (non-hydrogen) atoms. The van der Waals surface area contributed by atoms with Crippen molar-refractivity contribution in [3.63, 3.8) is 0 Å². The van der Waals surface area contributed by atoms with Gasteiger partial charge in [-0.3, -0.25) is 0 Å². The molecule has 1 saturated heterocycles. The fourth-order valence-electron chi connectivity index (χ4n) is 2.06. The van der Waals surface area contributed by atoms with Crippen LogP contribution in [0.5, 0.6) is 5.88 Å². The molecule has 0 spiro atoms. The van der Waals surface area contributed by atoms with E-state index in [2.05, 4.69) is 4.98 Å². The van der Waals surface area contributed by atoms with Crippen molar-refractivity contribution in [2.75, 3.05) is 20.3 Å². The number of sulfone groups is 1. The van der Waals surface area contributed by atoms with Crippen LogP contribution in [0.4, 0.5) is 0 Å². The molecule has 2 heterocycles. The summed E-state index contributed by atoms with van der Waals surface area (Å²) in [7, 11) is -1.78. The predicted molar refractivity (Wildman–Crippen MR) is 72.3 cm³/mol. The fourth-order valence-corrected chi connectivity index (χ4v) is 3.98. The van der Waals surface area contributed by atoms with Gasteiger partial charge in [0.25, 0.3) is 0 Å². The van der Waals surface area contributed by atoms with Crippen LogP contribution in [0, 0.1) is 0 Å². The van der Waals surface area contributed by atoms with Gasteiger partial charge in [0.2, 0.25) is 5.88 Å². The zero-order valence-corrected chi connectivity index (χ0v) is 12.2. The van der Waals surface area contributed by atoms with Crippen LogP contribution in [-0.4, -0.2) is 39.0 Å². The summed E-state index contributed by atoms with van der Waals surface area (Å²) in [6.07, 6.45) is 1.43. The van der Waals surface area contributed by atoms with Crippen LogP contribution in [0.2, 0.25) is 5.15 Å². The van der Waals surface area contributed by atoms with Crippen LogP contribution in [-0.2, 0) is 20.3 Å². The summed E-state index contributed by atoms with van der Waals surface area (Å²) in [5, 5.41) is -0.205. The minimum absolute atomic E-state index is 0.0698. The van der Waals surface area contributed by atoms with Crippen LogP contribution >= 0.6 is 11.6 Å². The number of pyridine rings is 1. The monoisotopic (exact) mass is 305 g/mol. The molecule has 1 unspecified atom stereocenters. The lowest BCUT2D eigenvalue weighted by atomic mass is 10.2. The minimum Gasteiger partial charge on any atom is -0.481 e. The van der Waals surface area contributed by atoms with Gasteiger partial charge in [0.1, 0.15) is 5.15 Å². The number of aromatic nitrogens is 1. The van der Waals surface area contributed by atoms with E-state index in [9.17, 15) is 8.42 Å². The van der Waals surface area contributed by atoms with E-state index in [-0.39, 0.29) is 17.5 Å². The summed E-state index contributed by atoms with van der Waals surface area (Å²) in [6.45, 7) is 0.916. The van der Waals surface area contributed by atoms with Crippen molar-refractivity contribution in [1.82, 2.24) is 4.98 Å². The molecule has 1 aromatic rings. The normalized spacial score (nSPS) is 20.2. The van der Waals surface area contributed by atoms with E-state index in [0.29, 0.717) is 24.5 Å². The third kappa shape index (κ3) is 3.81. The summed E-state index contributed by atoms with van der Waals surface area (Å²) in [6, 6.07) is 3.14. The molecule has 0 bridgehead atoms. The lowest BCUT2D eigenvalue weighted by molar-refractivity contribution is 0.0991. The Kier molecular flexibility index (Phi) is 4.65. The molecular weight excluding hydrogens is 290 g/mol. The molecule has 0 radical (unpaired) electrons. The van der Waals surface area contributed by atoms with Crippen molar-refractivity contribution in [3.05, 3.63) is 22.8 Å². The fraction of sp³-hybridized carbons (Fsp3) is 0.583. The summed E-state index contributed by atoms with van der Waals surface area (Å²) in [5.41, 5.74) is 0.586. The Hall–Kier alpha value is -0.850. The van der Waals surface area contributed by atoms with E-state index in [1.165, 1.54) is 7.11 Å². The number of methoxy groups -OCH3 is 1. The summed E-state index contributed by atoms with van der Waals surface area (Å²) in [4.78, 5) is 3.92. The van der Waals surface area contributed by atoms with Crippen molar-refractivity contribution in [3.8, 4) is 5.88 Å². The van der Waals surface area contributed by atoms with Crippen molar-refractivity contribution >= 4 is 21.4 Å². The lowest BCUT2D eigenvalue weighted by Crippen LogP contribution is -2.31. The van der Waals surface area contributed by atoms with Crippen molar-refractivity contribution < 1.29 is 17.9 Å².